The number of H-pyrrole nitrogens is 1. The van der Waals surface area contributed by atoms with Gasteiger partial charge in [0.2, 0.25) is 5.95 Å². The number of anilines is 3. The first-order valence-corrected chi connectivity index (χ1v) is 8.93. The van der Waals surface area contributed by atoms with Crippen LogP contribution >= 0.6 is 0 Å². The van der Waals surface area contributed by atoms with Crippen LogP contribution in [0.5, 0.6) is 0 Å². The van der Waals surface area contributed by atoms with Crippen LogP contribution in [0.2, 0.25) is 0 Å². The summed E-state index contributed by atoms with van der Waals surface area (Å²) in [5.74, 6) is 0.468. The molecule has 0 atom stereocenters. The molecule has 8 nitrogen and oxygen atoms in total. The van der Waals surface area contributed by atoms with Gasteiger partial charge in [0.05, 0.1) is 21.2 Å². The van der Waals surface area contributed by atoms with Crippen molar-refractivity contribution in [3.63, 3.8) is 0 Å². The molecule has 24 heavy (non-hydrogen) atoms. The van der Waals surface area contributed by atoms with Gasteiger partial charge in [0.15, 0.2) is 15.5 Å². The number of hydrogen-bond donors (Lipinski definition) is 3. The normalized spacial score (nSPS) is 12.0. The van der Waals surface area contributed by atoms with Gasteiger partial charge in [0, 0.05) is 5.69 Å². The van der Waals surface area contributed by atoms with Crippen molar-refractivity contribution in [2.24, 2.45) is 0 Å². The first-order chi connectivity index (χ1) is 11.3. The molecule has 1 aromatic carbocycles. The molecule has 0 amide bonds. The summed E-state index contributed by atoms with van der Waals surface area (Å²) in [6.45, 7) is 5.12. The van der Waals surface area contributed by atoms with Crippen LogP contribution in [0, 0.1) is 6.92 Å². The second-order valence-corrected chi connectivity index (χ2v) is 8.17. The van der Waals surface area contributed by atoms with E-state index in [1.54, 1.807) is 38.1 Å². The van der Waals surface area contributed by atoms with Gasteiger partial charge in [-0.2, -0.15) is 15.1 Å². The van der Waals surface area contributed by atoms with Crippen molar-refractivity contribution in [2.75, 3.05) is 11.1 Å². The highest BCUT2D eigenvalue weighted by molar-refractivity contribution is 7.92. The van der Waals surface area contributed by atoms with E-state index in [1.165, 1.54) is 0 Å². The van der Waals surface area contributed by atoms with Crippen LogP contribution in [-0.4, -0.2) is 33.8 Å². The van der Waals surface area contributed by atoms with Crippen molar-refractivity contribution in [3.05, 3.63) is 30.0 Å². The van der Waals surface area contributed by atoms with E-state index in [9.17, 15) is 8.42 Å². The Hall–Kier alpha value is -2.68. The highest BCUT2D eigenvalue weighted by Crippen LogP contribution is 2.30. The molecule has 0 saturated carbocycles. The van der Waals surface area contributed by atoms with Gasteiger partial charge in [-0.1, -0.05) is 12.1 Å². The van der Waals surface area contributed by atoms with Gasteiger partial charge in [-0.3, -0.25) is 5.10 Å². The fraction of sp³-hybridized carbons (Fsp3) is 0.267. The Morgan fingerprint density at radius 1 is 1.21 bits per heavy atom. The summed E-state index contributed by atoms with van der Waals surface area (Å²) < 4.78 is 25.1. The molecule has 3 rings (SSSR count). The molecule has 0 fully saturated rings. The van der Waals surface area contributed by atoms with Crippen LogP contribution in [0.25, 0.3) is 11.0 Å². The molecule has 0 aliphatic rings. The van der Waals surface area contributed by atoms with E-state index in [0.717, 1.165) is 5.69 Å². The third-order valence-corrected chi connectivity index (χ3v) is 5.89. The molecule has 0 aliphatic carbocycles. The lowest BCUT2D eigenvalue weighted by molar-refractivity contribution is 0.588. The lowest BCUT2D eigenvalue weighted by Gasteiger charge is -2.14. The van der Waals surface area contributed by atoms with Crippen LogP contribution in [0.15, 0.2) is 29.2 Å². The number of nitrogens with zero attached hydrogens (tertiary/aromatic N) is 3. The van der Waals surface area contributed by atoms with Crippen molar-refractivity contribution < 1.29 is 8.42 Å². The molecular weight excluding hydrogens is 328 g/mol. The van der Waals surface area contributed by atoms with Gasteiger partial charge in [-0.05, 0) is 32.9 Å². The predicted molar refractivity (Wildman–Crippen MR) is 92.9 cm³/mol. The molecule has 0 aliphatic heterocycles. The maximum absolute atomic E-state index is 12.6. The summed E-state index contributed by atoms with van der Waals surface area (Å²) in [5, 5.41) is 10.1. The van der Waals surface area contributed by atoms with E-state index in [-0.39, 0.29) is 10.8 Å². The molecular formula is C15H18N6O2S. The second kappa shape index (κ2) is 5.75. The zero-order valence-electron chi connectivity index (χ0n) is 13.5. The summed E-state index contributed by atoms with van der Waals surface area (Å²) in [7, 11) is -3.45. The number of benzene rings is 1. The molecule has 3 aromatic rings. The Labute approximate surface area is 139 Å². The van der Waals surface area contributed by atoms with E-state index >= 15 is 0 Å². The van der Waals surface area contributed by atoms with Crippen molar-refractivity contribution in [3.8, 4) is 0 Å². The van der Waals surface area contributed by atoms with Gasteiger partial charge in [0.1, 0.15) is 5.82 Å². The lowest BCUT2D eigenvalue weighted by Crippen LogP contribution is -2.15. The molecule has 4 N–H and O–H groups in total. The smallest absolute Gasteiger partial charge is 0.224 e. The average Bonchev–Trinajstić information content (AvgIpc) is 2.88. The van der Waals surface area contributed by atoms with Gasteiger partial charge in [-0.25, -0.2) is 8.42 Å². The molecule has 0 spiro atoms. The van der Waals surface area contributed by atoms with Gasteiger partial charge in [-0.15, -0.1) is 0 Å². The topological polar surface area (TPSA) is 127 Å². The highest BCUT2D eigenvalue weighted by Gasteiger charge is 2.23. The van der Waals surface area contributed by atoms with Crippen molar-refractivity contribution >= 4 is 38.3 Å². The molecule has 9 heteroatoms. The Balaban J connectivity index is 2.16. The van der Waals surface area contributed by atoms with E-state index in [0.29, 0.717) is 22.5 Å². The molecule has 2 aromatic heterocycles. The van der Waals surface area contributed by atoms with Crippen LogP contribution in [0.4, 0.5) is 17.5 Å². The predicted octanol–water partition coefficient (Wildman–Crippen LogP) is 2.17. The summed E-state index contributed by atoms with van der Waals surface area (Å²) in [4.78, 5) is 8.48. The minimum atomic E-state index is -3.45. The third-order valence-electron chi connectivity index (χ3n) is 3.68. The summed E-state index contributed by atoms with van der Waals surface area (Å²) >= 11 is 0. The van der Waals surface area contributed by atoms with Gasteiger partial charge in [0.25, 0.3) is 0 Å². The van der Waals surface area contributed by atoms with Crippen molar-refractivity contribution in [2.45, 2.75) is 30.9 Å². The van der Waals surface area contributed by atoms with Gasteiger partial charge >= 0.3 is 0 Å². The van der Waals surface area contributed by atoms with Crippen LogP contribution < -0.4 is 11.1 Å². The number of aromatic amines is 1. The SMILES string of the molecule is Cc1[nH]nc2nc(N)nc(Nc3ccccc3S(=O)(=O)C(C)C)c12. The zero-order chi connectivity index (χ0) is 17.5. The van der Waals surface area contributed by atoms with E-state index in [4.69, 9.17) is 5.73 Å². The minimum absolute atomic E-state index is 0.0562. The zero-order valence-corrected chi connectivity index (χ0v) is 14.3. The van der Waals surface area contributed by atoms with E-state index in [2.05, 4.69) is 25.5 Å². The molecule has 126 valence electrons. The second-order valence-electron chi connectivity index (χ2n) is 5.69. The largest absolute Gasteiger partial charge is 0.368 e. The number of nitrogen functional groups attached to an aromatic ring is 1. The monoisotopic (exact) mass is 346 g/mol. The average molecular weight is 346 g/mol. The number of nitrogens with two attached hydrogens (primary N) is 1. The maximum Gasteiger partial charge on any atom is 0.224 e. The molecule has 0 radical (unpaired) electrons. The number of nitrogens with one attached hydrogen (secondary N) is 2. The van der Waals surface area contributed by atoms with Crippen LogP contribution in [-0.2, 0) is 9.84 Å². The number of aromatic nitrogens is 4. The molecule has 2 heterocycles. The molecule has 0 bridgehead atoms. The van der Waals surface area contributed by atoms with Gasteiger partial charge < -0.3 is 11.1 Å². The third kappa shape index (κ3) is 2.67. The van der Waals surface area contributed by atoms with Crippen LogP contribution in [0.3, 0.4) is 0 Å². The standard InChI is InChI=1S/C15H18N6O2S/c1-8(2)24(22,23)11-7-5-4-6-10(11)17-13-12-9(3)20-21-14(12)19-15(16)18-13/h4-8H,1-3H3,(H4,16,17,18,19,20,21). The lowest BCUT2D eigenvalue weighted by atomic mass is 10.2. The Kier molecular flexibility index (Phi) is 3.88. The van der Waals surface area contributed by atoms with E-state index < -0.39 is 15.1 Å². The van der Waals surface area contributed by atoms with Crippen molar-refractivity contribution in [1.82, 2.24) is 20.2 Å². The molecule has 0 unspecified atom stereocenters. The number of rotatable bonds is 4. The Bertz CT molecular complexity index is 1010. The van der Waals surface area contributed by atoms with Crippen LogP contribution in [0.1, 0.15) is 19.5 Å². The Morgan fingerprint density at radius 2 is 1.92 bits per heavy atom. The summed E-state index contributed by atoms with van der Waals surface area (Å²) in [6, 6.07) is 6.70. The molecule has 0 saturated heterocycles. The highest BCUT2D eigenvalue weighted by atomic mass is 32.2. The van der Waals surface area contributed by atoms with Crippen molar-refractivity contribution in [1.29, 1.82) is 0 Å². The minimum Gasteiger partial charge on any atom is -0.368 e. The maximum atomic E-state index is 12.6. The number of para-hydroxylation sites is 1. The number of hydrogen-bond acceptors (Lipinski definition) is 7. The summed E-state index contributed by atoms with van der Waals surface area (Å²) in [6.07, 6.45) is 0. The first-order valence-electron chi connectivity index (χ1n) is 7.39. The fourth-order valence-corrected chi connectivity index (χ4v) is 3.58. The Morgan fingerprint density at radius 3 is 2.62 bits per heavy atom. The quantitative estimate of drug-likeness (QED) is 0.660. The number of aryl methyl sites for hydroxylation is 1. The summed E-state index contributed by atoms with van der Waals surface area (Å²) in [5.41, 5.74) is 7.35. The first kappa shape index (κ1) is 16.2. The van der Waals surface area contributed by atoms with E-state index in [1.807, 2.05) is 6.92 Å². The number of fused-ring (bicyclic) bond motifs is 1. The fourth-order valence-electron chi connectivity index (χ4n) is 2.37. The number of sulfone groups is 1.